The van der Waals surface area contributed by atoms with Crippen molar-refractivity contribution in [2.75, 3.05) is 7.11 Å². The Labute approximate surface area is 103 Å². The van der Waals surface area contributed by atoms with Gasteiger partial charge in [-0.3, -0.25) is 14.1 Å². The Kier molecular flexibility index (Phi) is 4.66. The maximum absolute atomic E-state index is 11.1. The summed E-state index contributed by atoms with van der Waals surface area (Å²) in [6.07, 6.45) is 0.771. The Morgan fingerprint density at radius 3 is 2.28 bits per heavy atom. The normalized spacial score (nSPS) is 12.8. The summed E-state index contributed by atoms with van der Waals surface area (Å²) in [5, 5.41) is -2.12. The van der Waals surface area contributed by atoms with Crippen molar-refractivity contribution < 1.29 is 33.4 Å². The van der Waals surface area contributed by atoms with Crippen LogP contribution in [0.15, 0.2) is 18.3 Å². The maximum Gasteiger partial charge on any atom is 0.341 e. The molecule has 1 heterocycles. The van der Waals surface area contributed by atoms with E-state index in [1.54, 1.807) is 0 Å². The van der Waals surface area contributed by atoms with Gasteiger partial charge in [0.05, 0.1) is 12.8 Å². The highest BCUT2D eigenvalue weighted by Crippen LogP contribution is 2.61. The molecule has 18 heavy (non-hydrogen) atoms. The number of pyridine rings is 1. The number of hydrogen-bond donors (Lipinski definition) is 4. The van der Waals surface area contributed by atoms with Crippen LogP contribution in [0.4, 0.5) is 0 Å². The van der Waals surface area contributed by atoms with E-state index >= 15 is 0 Å². The molecule has 0 fully saturated rings. The van der Waals surface area contributed by atoms with Crippen molar-refractivity contribution in [3.8, 4) is 5.75 Å². The number of hydrogen-bond acceptors (Lipinski definition) is 4. The second kappa shape index (κ2) is 5.48. The maximum atomic E-state index is 11.1. The van der Waals surface area contributed by atoms with Crippen LogP contribution in [0.25, 0.3) is 0 Å². The highest BCUT2D eigenvalue weighted by molar-refractivity contribution is 7.70. The van der Waals surface area contributed by atoms with Gasteiger partial charge in [0.25, 0.3) is 0 Å². The number of nitrogens with zero attached hydrogens (tertiary/aromatic N) is 1. The van der Waals surface area contributed by atoms with Crippen LogP contribution in [0.2, 0.25) is 0 Å². The van der Waals surface area contributed by atoms with E-state index < -0.39 is 27.0 Å². The SMILES string of the molecule is COc1cccnc1CC(P(=O)(O)O)P(=O)(O)O. The molecule has 0 radical (unpaired) electrons. The van der Waals surface area contributed by atoms with Crippen LogP contribution in [0.1, 0.15) is 5.69 Å². The van der Waals surface area contributed by atoms with Gasteiger partial charge < -0.3 is 24.3 Å². The number of methoxy groups -OCH3 is 1. The fourth-order valence-corrected chi connectivity index (χ4v) is 3.76. The molecule has 0 aliphatic heterocycles. The molecule has 0 spiro atoms. The average Bonchev–Trinajstić information content (AvgIpc) is 2.23. The quantitative estimate of drug-likeness (QED) is 0.570. The monoisotopic (exact) mass is 297 g/mol. The van der Waals surface area contributed by atoms with Gasteiger partial charge in [0.1, 0.15) is 5.75 Å². The average molecular weight is 297 g/mol. The second-order valence-corrected chi connectivity index (χ2v) is 7.53. The van der Waals surface area contributed by atoms with E-state index in [4.69, 9.17) is 24.3 Å². The van der Waals surface area contributed by atoms with Gasteiger partial charge >= 0.3 is 15.2 Å². The molecular weight excluding hydrogens is 284 g/mol. The predicted molar refractivity (Wildman–Crippen MR) is 62.4 cm³/mol. The summed E-state index contributed by atoms with van der Waals surface area (Å²) in [5.74, 6) is 0.212. The predicted octanol–water partition coefficient (Wildman–Crippen LogP) is 0.314. The molecule has 10 heteroatoms. The molecule has 4 N–H and O–H groups in total. The smallest absolute Gasteiger partial charge is 0.341 e. The van der Waals surface area contributed by atoms with Gasteiger partial charge in [-0.2, -0.15) is 0 Å². The summed E-state index contributed by atoms with van der Waals surface area (Å²) in [5.41, 5.74) is 0.0802. The molecule has 0 saturated carbocycles. The van der Waals surface area contributed by atoms with Crippen LogP contribution < -0.4 is 4.74 Å². The molecule has 0 saturated heterocycles. The van der Waals surface area contributed by atoms with Crippen molar-refractivity contribution in [3.05, 3.63) is 24.0 Å². The van der Waals surface area contributed by atoms with Crippen LogP contribution in [-0.2, 0) is 15.6 Å². The standard InChI is InChI=1S/C8H13NO7P2/c1-16-7-3-2-4-9-6(7)5-8(17(10,11)12)18(13,14)15/h2-4,8H,5H2,1H3,(H2,10,11,12)(H2,13,14,15). The van der Waals surface area contributed by atoms with E-state index in [1.165, 1.54) is 25.4 Å². The number of ether oxygens (including phenoxy) is 1. The van der Waals surface area contributed by atoms with Gasteiger partial charge in [0.15, 0.2) is 5.40 Å². The van der Waals surface area contributed by atoms with Gasteiger partial charge in [-0.15, -0.1) is 0 Å². The Balaban J connectivity index is 3.13. The summed E-state index contributed by atoms with van der Waals surface area (Å²) >= 11 is 0. The third kappa shape index (κ3) is 3.88. The first-order valence-corrected chi connectivity index (χ1v) is 8.11. The van der Waals surface area contributed by atoms with Crippen LogP contribution in [0, 0.1) is 0 Å². The summed E-state index contributed by atoms with van der Waals surface area (Å²) in [4.78, 5) is 39.8. The first-order valence-electron chi connectivity index (χ1n) is 4.74. The van der Waals surface area contributed by atoms with Gasteiger partial charge in [0, 0.05) is 12.6 Å². The lowest BCUT2D eigenvalue weighted by Gasteiger charge is -2.19. The lowest BCUT2D eigenvalue weighted by atomic mass is 10.2. The van der Waals surface area contributed by atoms with Gasteiger partial charge in [-0.05, 0) is 12.1 Å². The van der Waals surface area contributed by atoms with Crippen LogP contribution in [0.5, 0.6) is 5.75 Å². The summed E-state index contributed by atoms with van der Waals surface area (Å²) in [7, 11) is -8.58. The minimum atomic E-state index is -4.95. The van der Waals surface area contributed by atoms with E-state index in [9.17, 15) is 9.13 Å². The van der Waals surface area contributed by atoms with Crippen molar-refractivity contribution >= 4 is 15.2 Å². The van der Waals surface area contributed by atoms with Crippen LogP contribution in [0.3, 0.4) is 0 Å². The molecule has 8 nitrogen and oxygen atoms in total. The van der Waals surface area contributed by atoms with Crippen LogP contribution >= 0.6 is 15.2 Å². The molecule has 0 amide bonds. The number of aromatic nitrogens is 1. The molecule has 1 aromatic heterocycles. The molecule has 102 valence electrons. The minimum Gasteiger partial charge on any atom is -0.495 e. The summed E-state index contributed by atoms with van der Waals surface area (Å²) in [6, 6.07) is 3.02. The van der Waals surface area contributed by atoms with Crippen molar-refractivity contribution in [1.82, 2.24) is 4.98 Å². The fraction of sp³-hybridized carbons (Fsp3) is 0.375. The molecule has 0 aliphatic carbocycles. The lowest BCUT2D eigenvalue weighted by molar-refractivity contribution is 0.336. The van der Waals surface area contributed by atoms with E-state index in [0.717, 1.165) is 0 Å². The largest absolute Gasteiger partial charge is 0.495 e. The number of rotatable bonds is 5. The summed E-state index contributed by atoms with van der Waals surface area (Å²) in [6.45, 7) is 0. The molecular formula is C8H13NO7P2. The molecule has 0 bridgehead atoms. The second-order valence-electron chi connectivity index (χ2n) is 3.52. The third-order valence-electron chi connectivity index (χ3n) is 2.22. The van der Waals surface area contributed by atoms with E-state index in [-0.39, 0.29) is 11.4 Å². The Morgan fingerprint density at radius 2 is 1.83 bits per heavy atom. The zero-order chi connectivity index (χ0) is 14.0. The van der Waals surface area contributed by atoms with Gasteiger partial charge in [-0.1, -0.05) is 0 Å². The molecule has 0 aromatic carbocycles. The molecule has 1 rings (SSSR count). The lowest BCUT2D eigenvalue weighted by Crippen LogP contribution is -2.14. The van der Waals surface area contributed by atoms with Crippen molar-refractivity contribution in [2.24, 2.45) is 0 Å². The first-order chi connectivity index (χ1) is 8.16. The Bertz CT molecular complexity index is 486. The highest BCUT2D eigenvalue weighted by Gasteiger charge is 2.43. The summed E-state index contributed by atoms with van der Waals surface area (Å²) < 4.78 is 27.1. The van der Waals surface area contributed by atoms with E-state index in [1.807, 2.05) is 0 Å². The van der Waals surface area contributed by atoms with Crippen molar-refractivity contribution in [2.45, 2.75) is 11.8 Å². The zero-order valence-corrected chi connectivity index (χ0v) is 11.2. The van der Waals surface area contributed by atoms with E-state index in [0.29, 0.717) is 0 Å². The third-order valence-corrected chi connectivity index (χ3v) is 5.94. The topological polar surface area (TPSA) is 137 Å². The minimum absolute atomic E-state index is 0.0802. The van der Waals surface area contributed by atoms with E-state index in [2.05, 4.69) is 4.98 Å². The fourth-order valence-electron chi connectivity index (χ4n) is 1.37. The first kappa shape index (κ1) is 15.3. The highest BCUT2D eigenvalue weighted by atomic mass is 31.2. The Hall–Kier alpha value is -0.750. The van der Waals surface area contributed by atoms with Gasteiger partial charge in [-0.25, -0.2) is 0 Å². The van der Waals surface area contributed by atoms with Crippen molar-refractivity contribution in [1.29, 1.82) is 0 Å². The van der Waals surface area contributed by atoms with Crippen LogP contribution in [-0.4, -0.2) is 37.1 Å². The zero-order valence-electron chi connectivity index (χ0n) is 9.37. The molecule has 1 aromatic rings. The Morgan fingerprint density at radius 1 is 1.28 bits per heavy atom. The van der Waals surface area contributed by atoms with Gasteiger partial charge in [0.2, 0.25) is 0 Å². The molecule has 0 atom stereocenters. The van der Waals surface area contributed by atoms with Crippen molar-refractivity contribution in [3.63, 3.8) is 0 Å². The molecule has 0 aliphatic rings. The molecule has 0 unspecified atom stereocenters.